The van der Waals surface area contributed by atoms with E-state index in [0.29, 0.717) is 32.7 Å². The fourth-order valence-corrected chi connectivity index (χ4v) is 7.86. The predicted octanol–water partition coefficient (Wildman–Crippen LogP) is 1.10. The second-order valence-electron chi connectivity index (χ2n) is 9.50. The van der Waals surface area contributed by atoms with Crippen molar-refractivity contribution in [2.45, 2.75) is 49.4 Å². The monoisotopic (exact) mass is 431 g/mol. The van der Waals surface area contributed by atoms with Crippen molar-refractivity contribution in [1.29, 1.82) is 0 Å². The number of ether oxygens (including phenoxy) is 2. The molecular formula is C22H29N3O4S. The molecule has 1 aromatic rings. The van der Waals surface area contributed by atoms with Gasteiger partial charge in [0.15, 0.2) is 0 Å². The van der Waals surface area contributed by atoms with Crippen LogP contribution in [0.3, 0.4) is 0 Å². The summed E-state index contributed by atoms with van der Waals surface area (Å²) < 4.78 is 12.6. The lowest BCUT2D eigenvalue weighted by Crippen LogP contribution is -2.52. The molecule has 30 heavy (non-hydrogen) atoms. The van der Waals surface area contributed by atoms with Gasteiger partial charge in [0.05, 0.1) is 36.7 Å². The lowest BCUT2D eigenvalue weighted by Gasteiger charge is -2.44. The predicted molar refractivity (Wildman–Crippen MR) is 111 cm³/mol. The summed E-state index contributed by atoms with van der Waals surface area (Å²) in [6.07, 6.45) is 4.26. The first-order chi connectivity index (χ1) is 14.6. The Morgan fingerprint density at radius 1 is 1.30 bits per heavy atom. The van der Waals surface area contributed by atoms with Gasteiger partial charge in [0, 0.05) is 31.1 Å². The molecule has 6 heterocycles. The third kappa shape index (κ3) is 2.54. The Labute approximate surface area is 180 Å². The van der Waals surface area contributed by atoms with E-state index in [1.54, 1.807) is 11.3 Å². The molecule has 2 bridgehead atoms. The third-order valence-electron chi connectivity index (χ3n) is 8.08. The van der Waals surface area contributed by atoms with Crippen molar-refractivity contribution in [2.24, 2.45) is 17.6 Å². The van der Waals surface area contributed by atoms with Crippen LogP contribution in [0.25, 0.3) is 0 Å². The molecule has 0 aromatic carbocycles. The van der Waals surface area contributed by atoms with Crippen LogP contribution in [0.1, 0.15) is 36.1 Å². The van der Waals surface area contributed by atoms with Crippen molar-refractivity contribution in [2.75, 3.05) is 39.3 Å². The zero-order valence-corrected chi connectivity index (χ0v) is 18.0. The van der Waals surface area contributed by atoms with E-state index in [1.807, 2.05) is 9.80 Å². The van der Waals surface area contributed by atoms with Crippen molar-refractivity contribution >= 4 is 23.2 Å². The molecule has 4 fully saturated rings. The van der Waals surface area contributed by atoms with E-state index in [1.165, 1.54) is 10.4 Å². The molecule has 2 amide bonds. The number of carbonyl (C=O) groups is 2. The van der Waals surface area contributed by atoms with Crippen molar-refractivity contribution in [1.82, 2.24) is 9.80 Å². The standard InChI is InChI=1S/C22H29N3O4S/c23-7-10-25-13-22-4-1-15(29-22)16(17(22)20(25)27)19(26)24-8-5-21(6-9-24)18-14(2-11-28-21)3-12-30-18/h3,12,15-17H,1-2,4-11,13,23H2/t15-,16-,17+,22-/m0/s1. The number of carbonyl (C=O) groups excluding carboxylic acids is 2. The Morgan fingerprint density at radius 2 is 2.13 bits per heavy atom. The van der Waals surface area contributed by atoms with Crippen LogP contribution in [0, 0.1) is 11.8 Å². The fraction of sp³-hybridized carbons (Fsp3) is 0.727. The average molecular weight is 432 g/mol. The van der Waals surface area contributed by atoms with Crippen LogP contribution in [0.5, 0.6) is 0 Å². The molecule has 6 rings (SSSR count). The zero-order valence-electron chi connectivity index (χ0n) is 17.2. The number of fused-ring (bicyclic) bond motifs is 3. The lowest BCUT2D eigenvalue weighted by molar-refractivity contribution is -0.150. The summed E-state index contributed by atoms with van der Waals surface area (Å²) in [6, 6.07) is 2.21. The fourth-order valence-electron chi connectivity index (χ4n) is 6.69. The van der Waals surface area contributed by atoms with E-state index >= 15 is 0 Å². The molecule has 4 saturated heterocycles. The van der Waals surface area contributed by atoms with E-state index in [4.69, 9.17) is 15.2 Å². The summed E-state index contributed by atoms with van der Waals surface area (Å²) in [4.78, 5) is 31.9. The number of rotatable bonds is 3. The first-order valence-corrected chi connectivity index (χ1v) is 12.1. The maximum absolute atomic E-state index is 13.6. The number of thiophene rings is 1. The normalized spacial score (nSPS) is 36.4. The van der Waals surface area contributed by atoms with Crippen molar-refractivity contribution in [3.63, 3.8) is 0 Å². The first-order valence-electron chi connectivity index (χ1n) is 11.2. The van der Waals surface area contributed by atoms with Crippen molar-refractivity contribution in [3.8, 4) is 0 Å². The average Bonchev–Trinajstić information content (AvgIpc) is 3.51. The number of likely N-dealkylation sites (tertiary alicyclic amines) is 2. The minimum atomic E-state index is -0.466. The molecule has 8 heteroatoms. The number of nitrogens with zero attached hydrogens (tertiary/aromatic N) is 2. The molecule has 1 aromatic heterocycles. The molecule has 0 aliphatic carbocycles. The SMILES string of the molecule is NCCN1C[C@]23CC[C@H](O2)[C@H](C(=O)N2CCC4(CC2)OCCc2ccsc24)[C@@H]3C1=O. The van der Waals surface area contributed by atoms with Gasteiger partial charge in [-0.2, -0.15) is 0 Å². The summed E-state index contributed by atoms with van der Waals surface area (Å²) in [6.45, 7) is 3.69. The number of hydrogen-bond acceptors (Lipinski definition) is 6. The summed E-state index contributed by atoms with van der Waals surface area (Å²) in [7, 11) is 0. The van der Waals surface area contributed by atoms with E-state index in [-0.39, 0.29) is 35.4 Å². The van der Waals surface area contributed by atoms with E-state index in [9.17, 15) is 9.59 Å². The molecule has 2 spiro atoms. The van der Waals surface area contributed by atoms with Crippen molar-refractivity contribution in [3.05, 3.63) is 21.9 Å². The summed E-state index contributed by atoms with van der Waals surface area (Å²) in [5.74, 6) is -0.506. The maximum atomic E-state index is 13.6. The molecule has 2 N–H and O–H groups in total. The second kappa shape index (κ2) is 6.76. The highest BCUT2D eigenvalue weighted by Gasteiger charge is 2.69. The molecule has 7 nitrogen and oxygen atoms in total. The van der Waals surface area contributed by atoms with E-state index < -0.39 is 5.60 Å². The summed E-state index contributed by atoms with van der Waals surface area (Å²) in [5.41, 5.74) is 6.41. The highest BCUT2D eigenvalue weighted by atomic mass is 32.1. The van der Waals surface area contributed by atoms with Gasteiger partial charge in [0.25, 0.3) is 0 Å². The molecule has 0 radical (unpaired) electrons. The lowest BCUT2D eigenvalue weighted by atomic mass is 9.72. The van der Waals surface area contributed by atoms with Gasteiger partial charge in [-0.05, 0) is 49.1 Å². The Morgan fingerprint density at radius 3 is 2.93 bits per heavy atom. The van der Waals surface area contributed by atoms with Gasteiger partial charge < -0.3 is 25.0 Å². The quantitative estimate of drug-likeness (QED) is 0.775. The molecular weight excluding hydrogens is 402 g/mol. The molecule has 162 valence electrons. The van der Waals surface area contributed by atoms with Gasteiger partial charge in [-0.3, -0.25) is 9.59 Å². The van der Waals surface area contributed by atoms with Gasteiger partial charge in [-0.15, -0.1) is 11.3 Å². The first kappa shape index (κ1) is 19.2. The Kier molecular flexibility index (Phi) is 4.33. The molecule has 0 saturated carbocycles. The molecule has 5 aliphatic heterocycles. The Bertz CT molecular complexity index is 879. The summed E-state index contributed by atoms with van der Waals surface area (Å²) in [5, 5.41) is 2.16. The highest BCUT2D eigenvalue weighted by Crippen LogP contribution is 2.56. The van der Waals surface area contributed by atoms with Gasteiger partial charge >= 0.3 is 0 Å². The van der Waals surface area contributed by atoms with Crippen LogP contribution in [-0.2, 0) is 31.1 Å². The van der Waals surface area contributed by atoms with Gasteiger partial charge in [-0.1, -0.05) is 0 Å². The third-order valence-corrected chi connectivity index (χ3v) is 9.22. The van der Waals surface area contributed by atoms with Crippen LogP contribution >= 0.6 is 11.3 Å². The number of amides is 2. The number of nitrogens with two attached hydrogens (primary N) is 1. The zero-order chi connectivity index (χ0) is 20.5. The van der Waals surface area contributed by atoms with Crippen LogP contribution in [0.2, 0.25) is 0 Å². The Hall–Kier alpha value is -1.48. The van der Waals surface area contributed by atoms with E-state index in [2.05, 4.69) is 11.4 Å². The minimum Gasteiger partial charge on any atom is -0.369 e. The van der Waals surface area contributed by atoms with Crippen LogP contribution in [0.4, 0.5) is 0 Å². The topological polar surface area (TPSA) is 85.1 Å². The van der Waals surface area contributed by atoms with Gasteiger partial charge in [0.2, 0.25) is 11.8 Å². The Balaban J connectivity index is 1.20. The molecule has 4 atom stereocenters. The minimum absolute atomic E-state index is 0.0633. The van der Waals surface area contributed by atoms with Crippen LogP contribution < -0.4 is 5.73 Å². The second-order valence-corrected chi connectivity index (χ2v) is 10.4. The molecule has 5 aliphatic rings. The highest BCUT2D eigenvalue weighted by molar-refractivity contribution is 7.10. The number of piperidine rings is 1. The number of hydrogen-bond donors (Lipinski definition) is 1. The van der Waals surface area contributed by atoms with Gasteiger partial charge in [0.1, 0.15) is 5.60 Å². The van der Waals surface area contributed by atoms with Crippen LogP contribution in [-0.4, -0.2) is 72.6 Å². The maximum Gasteiger partial charge on any atom is 0.229 e. The van der Waals surface area contributed by atoms with E-state index in [0.717, 1.165) is 38.7 Å². The largest absolute Gasteiger partial charge is 0.369 e. The summed E-state index contributed by atoms with van der Waals surface area (Å²) >= 11 is 1.78. The van der Waals surface area contributed by atoms with Crippen molar-refractivity contribution < 1.29 is 19.1 Å². The molecule has 0 unspecified atom stereocenters. The van der Waals surface area contributed by atoms with Gasteiger partial charge in [-0.25, -0.2) is 0 Å². The van der Waals surface area contributed by atoms with Crippen LogP contribution in [0.15, 0.2) is 11.4 Å². The smallest absolute Gasteiger partial charge is 0.229 e.